The average molecular weight is 558 g/mol. The van der Waals surface area contributed by atoms with Crippen molar-refractivity contribution < 1.29 is 39.5 Å². The van der Waals surface area contributed by atoms with Crippen molar-refractivity contribution in [3.63, 3.8) is 0 Å². The summed E-state index contributed by atoms with van der Waals surface area (Å²) in [5, 5.41) is 0.141. The maximum atomic E-state index is 15.1. The minimum Gasteiger partial charge on any atom is -0.207 e. The van der Waals surface area contributed by atoms with Crippen molar-refractivity contribution in [2.75, 3.05) is 0 Å². The monoisotopic (exact) mass is 558 g/mol. The molecule has 202 valence electrons. The molecule has 0 saturated heterocycles. The summed E-state index contributed by atoms with van der Waals surface area (Å²) in [6, 6.07) is 13.5. The predicted molar refractivity (Wildman–Crippen MR) is 133 cm³/mol. The van der Waals surface area contributed by atoms with Crippen molar-refractivity contribution >= 4 is 21.5 Å². The van der Waals surface area contributed by atoms with E-state index < -0.39 is 52.2 Å². The van der Waals surface area contributed by atoms with Gasteiger partial charge in [0.25, 0.3) is 0 Å². The third-order valence-electron chi connectivity index (χ3n) is 6.44. The number of hydrogen-bond donors (Lipinski definition) is 0. The summed E-state index contributed by atoms with van der Waals surface area (Å²) in [5.74, 6) is -4.06. The topological polar surface area (TPSA) is 0 Å². The Bertz CT molecular complexity index is 1830. The second-order valence-electron chi connectivity index (χ2n) is 9.04. The van der Waals surface area contributed by atoms with Crippen LogP contribution in [0.15, 0.2) is 66.7 Å². The van der Waals surface area contributed by atoms with Crippen LogP contribution in [0.5, 0.6) is 0 Å². The Kier molecular flexibility index (Phi) is 6.96. The van der Waals surface area contributed by atoms with Gasteiger partial charge in [0.2, 0.25) is 0 Å². The van der Waals surface area contributed by atoms with E-state index in [-0.39, 0.29) is 45.7 Å². The van der Waals surface area contributed by atoms with E-state index in [1.54, 1.807) is 18.2 Å². The predicted octanol–water partition coefficient (Wildman–Crippen LogP) is 9.19. The number of aryl methyl sites for hydroxylation is 1. The molecule has 0 aliphatic rings. The summed E-state index contributed by atoms with van der Waals surface area (Å²) < 4.78 is 126. The minimum atomic E-state index is -4.96. The van der Waals surface area contributed by atoms with Gasteiger partial charge in [0.15, 0.2) is 0 Å². The first-order chi connectivity index (χ1) is 18.9. The molecule has 0 spiro atoms. The highest BCUT2D eigenvalue weighted by atomic mass is 19.4. The summed E-state index contributed by atoms with van der Waals surface area (Å²) in [6.07, 6.45) is -5.22. The van der Waals surface area contributed by atoms with Gasteiger partial charge in [0, 0.05) is 22.3 Å². The Hall–Kier alpha value is -4.45. The highest BCUT2D eigenvalue weighted by Crippen LogP contribution is 2.33. The Morgan fingerprint density at radius 3 is 1.95 bits per heavy atom. The molecule has 0 unspecified atom stereocenters. The van der Waals surface area contributed by atoms with Crippen molar-refractivity contribution in [2.45, 2.75) is 19.0 Å². The molecule has 5 rings (SSSR count). The molecule has 0 fully saturated rings. The van der Waals surface area contributed by atoms with Gasteiger partial charge in [-0.2, -0.15) is 13.2 Å². The molecule has 0 radical (unpaired) electrons. The lowest BCUT2D eigenvalue weighted by Gasteiger charge is -2.12. The molecule has 0 heterocycles. The highest BCUT2D eigenvalue weighted by Gasteiger charge is 2.24. The number of hydrogen-bond acceptors (Lipinski definition) is 0. The number of fused-ring (bicyclic) bond motifs is 2. The van der Waals surface area contributed by atoms with Crippen LogP contribution in [0.2, 0.25) is 0 Å². The Balaban J connectivity index is 1.46. The van der Waals surface area contributed by atoms with Crippen LogP contribution < -0.4 is 0 Å². The van der Waals surface area contributed by atoms with Crippen LogP contribution in [0.3, 0.4) is 0 Å². The SMILES string of the molecule is Fc1cc2cc(-c3c(F)cc(CCc4c(F)cc5ccccc5c4F)cc3F)ccc2c(F)c1C#CC(F)(F)F. The molecule has 0 aromatic heterocycles. The van der Waals surface area contributed by atoms with Gasteiger partial charge >= 0.3 is 6.18 Å². The zero-order valence-electron chi connectivity index (χ0n) is 20.2. The van der Waals surface area contributed by atoms with Crippen LogP contribution in [0.4, 0.5) is 39.5 Å². The second kappa shape index (κ2) is 10.3. The Morgan fingerprint density at radius 1 is 0.600 bits per heavy atom. The fraction of sp³-hybridized carbons (Fsp3) is 0.0968. The first-order valence-corrected chi connectivity index (χ1v) is 11.8. The van der Waals surface area contributed by atoms with Crippen molar-refractivity contribution in [1.29, 1.82) is 0 Å². The average Bonchev–Trinajstić information content (AvgIpc) is 2.87. The first-order valence-electron chi connectivity index (χ1n) is 11.8. The number of halogens is 9. The van der Waals surface area contributed by atoms with Crippen molar-refractivity contribution in [3.8, 4) is 23.0 Å². The normalized spacial score (nSPS) is 11.6. The van der Waals surface area contributed by atoms with Gasteiger partial charge < -0.3 is 0 Å². The molecule has 0 aliphatic carbocycles. The van der Waals surface area contributed by atoms with E-state index in [9.17, 15) is 30.7 Å². The zero-order chi connectivity index (χ0) is 28.8. The number of rotatable bonds is 4. The van der Waals surface area contributed by atoms with Gasteiger partial charge in [-0.3, -0.25) is 0 Å². The van der Waals surface area contributed by atoms with Gasteiger partial charge in [0.05, 0.1) is 11.1 Å². The second-order valence-corrected chi connectivity index (χ2v) is 9.04. The first kappa shape index (κ1) is 27.1. The van der Waals surface area contributed by atoms with E-state index in [0.29, 0.717) is 5.39 Å². The van der Waals surface area contributed by atoms with Crippen LogP contribution in [-0.4, -0.2) is 6.18 Å². The summed E-state index contributed by atoms with van der Waals surface area (Å²) in [5.41, 5.74) is -1.79. The van der Waals surface area contributed by atoms with Crippen LogP contribution in [0.25, 0.3) is 32.7 Å². The fourth-order valence-electron chi connectivity index (χ4n) is 4.59. The molecule has 5 aromatic rings. The van der Waals surface area contributed by atoms with Crippen molar-refractivity contribution in [2.24, 2.45) is 0 Å². The highest BCUT2D eigenvalue weighted by molar-refractivity contribution is 5.89. The maximum Gasteiger partial charge on any atom is 0.458 e. The Labute approximate surface area is 221 Å². The fourth-order valence-corrected chi connectivity index (χ4v) is 4.59. The summed E-state index contributed by atoms with van der Waals surface area (Å²) in [4.78, 5) is 0. The molecule has 0 aliphatic heterocycles. The minimum absolute atomic E-state index is 0.0871. The smallest absolute Gasteiger partial charge is 0.207 e. The third kappa shape index (κ3) is 5.22. The lowest BCUT2D eigenvalue weighted by atomic mass is 9.95. The number of alkyl halides is 3. The van der Waals surface area contributed by atoms with E-state index in [1.807, 2.05) is 0 Å². The summed E-state index contributed by atoms with van der Waals surface area (Å²) in [6.45, 7) is 0. The lowest BCUT2D eigenvalue weighted by Crippen LogP contribution is -2.03. The molecule has 0 saturated carbocycles. The van der Waals surface area contributed by atoms with Crippen LogP contribution >= 0.6 is 0 Å². The maximum absolute atomic E-state index is 15.1. The quantitative estimate of drug-likeness (QED) is 0.152. The van der Waals surface area contributed by atoms with E-state index >= 15 is 8.78 Å². The van der Waals surface area contributed by atoms with Crippen LogP contribution in [0, 0.1) is 46.7 Å². The zero-order valence-corrected chi connectivity index (χ0v) is 20.2. The molecular formula is C31H15F9. The van der Waals surface area contributed by atoms with E-state index in [0.717, 1.165) is 42.3 Å². The number of benzene rings is 5. The standard InChI is InChI=1S/C31H15F9/c32-24-14-17-3-1-2-4-20(17)29(36)22(24)7-5-16-11-26(34)28(27(35)12-16)18-6-8-21-19(13-18)15-25(33)23(30(21)37)9-10-31(38,39)40/h1-4,6,8,11-15H,5,7H2. The molecular weight excluding hydrogens is 543 g/mol. The van der Waals surface area contributed by atoms with Gasteiger partial charge in [0.1, 0.15) is 34.9 Å². The third-order valence-corrected chi connectivity index (χ3v) is 6.44. The summed E-state index contributed by atoms with van der Waals surface area (Å²) in [7, 11) is 0. The van der Waals surface area contributed by atoms with Gasteiger partial charge in [-0.1, -0.05) is 42.3 Å². The van der Waals surface area contributed by atoms with Gasteiger partial charge in [-0.15, -0.1) is 0 Å². The molecule has 0 nitrogen and oxygen atoms in total. The van der Waals surface area contributed by atoms with Gasteiger partial charge in [-0.05, 0) is 65.1 Å². The Morgan fingerprint density at radius 2 is 1.25 bits per heavy atom. The molecule has 0 amide bonds. The molecule has 0 bridgehead atoms. The van der Waals surface area contributed by atoms with Gasteiger partial charge in [-0.25, -0.2) is 26.3 Å². The van der Waals surface area contributed by atoms with E-state index in [4.69, 9.17) is 0 Å². The van der Waals surface area contributed by atoms with Crippen molar-refractivity contribution in [3.05, 3.63) is 118 Å². The van der Waals surface area contributed by atoms with E-state index in [2.05, 4.69) is 0 Å². The molecule has 5 aromatic carbocycles. The molecule has 0 atom stereocenters. The lowest BCUT2D eigenvalue weighted by molar-refractivity contribution is -0.0696. The van der Waals surface area contributed by atoms with E-state index in [1.165, 1.54) is 18.1 Å². The molecule has 40 heavy (non-hydrogen) atoms. The molecule has 0 N–H and O–H groups in total. The summed E-state index contributed by atoms with van der Waals surface area (Å²) >= 11 is 0. The largest absolute Gasteiger partial charge is 0.458 e. The van der Waals surface area contributed by atoms with Crippen LogP contribution in [-0.2, 0) is 12.8 Å². The molecule has 9 heteroatoms. The van der Waals surface area contributed by atoms with Crippen molar-refractivity contribution in [1.82, 2.24) is 0 Å². The van der Waals surface area contributed by atoms with Crippen LogP contribution in [0.1, 0.15) is 16.7 Å².